The Labute approximate surface area is 133 Å². The molecule has 114 valence electrons. The van der Waals surface area contributed by atoms with E-state index in [9.17, 15) is 4.79 Å². The third-order valence-corrected chi connectivity index (χ3v) is 6.06. The van der Waals surface area contributed by atoms with Crippen molar-refractivity contribution in [2.45, 2.75) is 57.7 Å². The zero-order chi connectivity index (χ0) is 15.0. The lowest BCUT2D eigenvalue weighted by Crippen LogP contribution is -2.16. The topological polar surface area (TPSA) is 45.8 Å². The van der Waals surface area contributed by atoms with Crippen molar-refractivity contribution in [3.8, 4) is 0 Å². The molecule has 0 aliphatic heterocycles. The number of aromatic amines is 1. The van der Waals surface area contributed by atoms with Gasteiger partial charge in [-0.1, -0.05) is 26.7 Å². The first-order valence-corrected chi connectivity index (χ1v) is 9.07. The molecule has 1 aliphatic carbocycles. The van der Waals surface area contributed by atoms with E-state index in [0.717, 1.165) is 35.4 Å². The van der Waals surface area contributed by atoms with Gasteiger partial charge in [-0.2, -0.15) is 0 Å². The van der Waals surface area contributed by atoms with Gasteiger partial charge in [-0.05, 0) is 37.2 Å². The summed E-state index contributed by atoms with van der Waals surface area (Å²) in [6.07, 6.45) is 6.60. The molecule has 1 aliphatic rings. The van der Waals surface area contributed by atoms with Crippen LogP contribution in [0.15, 0.2) is 4.79 Å². The number of nitrogens with zero attached hydrogens (tertiary/aromatic N) is 1. The summed E-state index contributed by atoms with van der Waals surface area (Å²) in [5.41, 5.74) is 1.23. The molecule has 2 unspecified atom stereocenters. The molecule has 2 atom stereocenters. The maximum atomic E-state index is 12.4. The summed E-state index contributed by atoms with van der Waals surface area (Å²) in [6.45, 7) is 4.24. The summed E-state index contributed by atoms with van der Waals surface area (Å²) in [7, 11) is 0. The van der Waals surface area contributed by atoms with E-state index in [1.165, 1.54) is 29.7 Å². The van der Waals surface area contributed by atoms with Crippen LogP contribution in [-0.2, 0) is 12.8 Å². The fourth-order valence-corrected chi connectivity index (χ4v) is 4.71. The molecular formula is C16H21ClN2OS. The van der Waals surface area contributed by atoms with Crippen LogP contribution < -0.4 is 5.56 Å². The normalized spacial score (nSPS) is 19.7. The van der Waals surface area contributed by atoms with Crippen molar-refractivity contribution in [1.82, 2.24) is 9.97 Å². The quantitative estimate of drug-likeness (QED) is 0.837. The highest BCUT2D eigenvalue weighted by Gasteiger charge is 2.25. The third-order valence-electron chi connectivity index (χ3n) is 4.39. The highest BCUT2D eigenvalue weighted by Crippen LogP contribution is 2.37. The van der Waals surface area contributed by atoms with Gasteiger partial charge in [0.25, 0.3) is 5.56 Å². The number of thiophene rings is 1. The van der Waals surface area contributed by atoms with E-state index in [2.05, 4.69) is 16.9 Å². The van der Waals surface area contributed by atoms with E-state index < -0.39 is 0 Å². The van der Waals surface area contributed by atoms with Gasteiger partial charge in [-0.3, -0.25) is 4.79 Å². The number of nitrogens with one attached hydrogen (secondary N) is 1. The minimum Gasteiger partial charge on any atom is -0.309 e. The number of rotatable bonds is 4. The van der Waals surface area contributed by atoms with E-state index in [1.54, 1.807) is 11.3 Å². The van der Waals surface area contributed by atoms with Crippen LogP contribution in [0.3, 0.4) is 0 Å². The number of H-pyrrole nitrogens is 1. The van der Waals surface area contributed by atoms with Crippen molar-refractivity contribution in [3.05, 3.63) is 26.6 Å². The van der Waals surface area contributed by atoms with Crippen molar-refractivity contribution in [2.24, 2.45) is 5.92 Å². The summed E-state index contributed by atoms with van der Waals surface area (Å²) in [6, 6.07) is 0. The molecule has 2 aromatic rings. The second-order valence-corrected chi connectivity index (χ2v) is 7.52. The summed E-state index contributed by atoms with van der Waals surface area (Å²) in [4.78, 5) is 22.1. The highest BCUT2D eigenvalue weighted by atomic mass is 35.5. The van der Waals surface area contributed by atoms with Gasteiger partial charge in [0.1, 0.15) is 10.7 Å². The van der Waals surface area contributed by atoms with E-state index in [1.807, 2.05) is 6.92 Å². The molecule has 2 aromatic heterocycles. The Morgan fingerprint density at radius 2 is 2.29 bits per heavy atom. The molecule has 0 aromatic carbocycles. The number of aryl methyl sites for hydroxylation is 1. The van der Waals surface area contributed by atoms with Gasteiger partial charge in [0.2, 0.25) is 0 Å². The Bertz CT molecular complexity index is 706. The molecule has 5 heteroatoms. The van der Waals surface area contributed by atoms with Crippen molar-refractivity contribution in [1.29, 1.82) is 0 Å². The fraction of sp³-hybridized carbons (Fsp3) is 0.625. The number of hydrogen-bond donors (Lipinski definition) is 1. The maximum absolute atomic E-state index is 12.4. The number of hydrogen-bond acceptors (Lipinski definition) is 3. The van der Waals surface area contributed by atoms with Gasteiger partial charge in [0, 0.05) is 4.88 Å². The highest BCUT2D eigenvalue weighted by molar-refractivity contribution is 7.18. The van der Waals surface area contributed by atoms with Gasteiger partial charge in [0.15, 0.2) is 0 Å². The Morgan fingerprint density at radius 1 is 1.48 bits per heavy atom. The smallest absolute Gasteiger partial charge is 0.259 e. The first-order chi connectivity index (χ1) is 10.1. The van der Waals surface area contributed by atoms with Crippen molar-refractivity contribution >= 4 is 33.2 Å². The average Bonchev–Trinajstić information content (AvgIpc) is 2.84. The van der Waals surface area contributed by atoms with Gasteiger partial charge in [-0.15, -0.1) is 22.9 Å². The van der Waals surface area contributed by atoms with Crippen LogP contribution in [0, 0.1) is 5.92 Å². The molecule has 1 N–H and O–H groups in total. The van der Waals surface area contributed by atoms with Crippen molar-refractivity contribution in [3.63, 3.8) is 0 Å². The Morgan fingerprint density at radius 3 is 3.00 bits per heavy atom. The van der Waals surface area contributed by atoms with Crippen molar-refractivity contribution in [2.75, 3.05) is 0 Å². The molecule has 0 amide bonds. The number of halogens is 1. The molecule has 0 radical (unpaired) electrons. The van der Waals surface area contributed by atoms with E-state index >= 15 is 0 Å². The fourth-order valence-electron chi connectivity index (χ4n) is 3.27. The Hall–Kier alpha value is -0.870. The second kappa shape index (κ2) is 6.09. The van der Waals surface area contributed by atoms with Gasteiger partial charge >= 0.3 is 0 Å². The number of aromatic nitrogens is 2. The van der Waals surface area contributed by atoms with Crippen LogP contribution in [-0.4, -0.2) is 9.97 Å². The lowest BCUT2D eigenvalue weighted by atomic mass is 9.85. The van der Waals surface area contributed by atoms with Gasteiger partial charge in [-0.25, -0.2) is 4.98 Å². The molecular weight excluding hydrogens is 304 g/mol. The van der Waals surface area contributed by atoms with E-state index in [-0.39, 0.29) is 10.9 Å². The number of fused-ring (bicyclic) bond motifs is 3. The monoisotopic (exact) mass is 324 g/mol. The minimum atomic E-state index is -0.214. The van der Waals surface area contributed by atoms with Crippen LogP contribution in [0.25, 0.3) is 10.2 Å². The Balaban J connectivity index is 2.05. The molecule has 3 rings (SSSR count). The van der Waals surface area contributed by atoms with Crippen molar-refractivity contribution < 1.29 is 0 Å². The summed E-state index contributed by atoms with van der Waals surface area (Å²) in [5.74, 6) is 1.38. The molecule has 0 saturated carbocycles. The third kappa shape index (κ3) is 2.76. The molecule has 0 fully saturated rings. The molecule has 0 spiro atoms. The molecule has 0 bridgehead atoms. The van der Waals surface area contributed by atoms with Crippen LogP contribution in [0.2, 0.25) is 0 Å². The average molecular weight is 325 g/mol. The van der Waals surface area contributed by atoms with Gasteiger partial charge in [0.05, 0.1) is 10.8 Å². The first kappa shape index (κ1) is 15.0. The zero-order valence-corrected chi connectivity index (χ0v) is 14.1. The standard InChI is InChI=1S/C16H21ClN2OS/c1-3-5-9-6-7-10-12(8-9)21-16-13(10)15(20)18-14(19-16)11(17)4-2/h9,11H,3-8H2,1-2H3,(H,18,19,20). The number of alkyl halides is 1. The summed E-state index contributed by atoms with van der Waals surface area (Å²) < 4.78 is 0. The lowest BCUT2D eigenvalue weighted by molar-refractivity contribution is 0.428. The second-order valence-electron chi connectivity index (χ2n) is 5.91. The van der Waals surface area contributed by atoms with Crippen LogP contribution in [0.1, 0.15) is 61.2 Å². The minimum absolute atomic E-state index is 0.0134. The molecule has 2 heterocycles. The zero-order valence-electron chi connectivity index (χ0n) is 12.5. The van der Waals surface area contributed by atoms with Gasteiger partial charge < -0.3 is 4.98 Å². The summed E-state index contributed by atoms with van der Waals surface area (Å²) in [5, 5.41) is 0.600. The molecule has 3 nitrogen and oxygen atoms in total. The lowest BCUT2D eigenvalue weighted by Gasteiger charge is -2.21. The predicted molar refractivity (Wildman–Crippen MR) is 89.5 cm³/mol. The van der Waals surface area contributed by atoms with Crippen LogP contribution >= 0.6 is 22.9 Å². The SMILES string of the molecule is CCCC1CCc2c(sc3nc(C(Cl)CC)[nH]c(=O)c23)C1. The Kier molecular flexibility index (Phi) is 4.36. The van der Waals surface area contributed by atoms with E-state index in [0.29, 0.717) is 5.82 Å². The predicted octanol–water partition coefficient (Wildman–Crippen LogP) is 4.58. The van der Waals surface area contributed by atoms with Crippen LogP contribution in [0.4, 0.5) is 0 Å². The summed E-state index contributed by atoms with van der Waals surface area (Å²) >= 11 is 7.92. The maximum Gasteiger partial charge on any atom is 0.259 e. The van der Waals surface area contributed by atoms with Crippen LogP contribution in [0.5, 0.6) is 0 Å². The van der Waals surface area contributed by atoms with E-state index in [4.69, 9.17) is 11.6 Å². The largest absolute Gasteiger partial charge is 0.309 e. The molecule has 21 heavy (non-hydrogen) atoms. The molecule has 0 saturated heterocycles. The first-order valence-electron chi connectivity index (χ1n) is 7.82.